The SMILES string of the molecule is [B]C1CC(O)C(CC)O1. The first kappa shape index (κ1) is 7.10. The first-order chi connectivity index (χ1) is 4.24. The van der Waals surface area contributed by atoms with Crippen LogP contribution < -0.4 is 0 Å². The van der Waals surface area contributed by atoms with E-state index in [1.54, 1.807) is 0 Å². The molecule has 3 atom stereocenters. The maximum atomic E-state index is 9.15. The van der Waals surface area contributed by atoms with Crippen LogP contribution in [0.15, 0.2) is 0 Å². The summed E-state index contributed by atoms with van der Waals surface area (Å²) >= 11 is 0. The van der Waals surface area contributed by atoms with E-state index in [-0.39, 0.29) is 18.2 Å². The first-order valence-corrected chi connectivity index (χ1v) is 3.33. The molecule has 0 aliphatic carbocycles. The van der Waals surface area contributed by atoms with Crippen molar-refractivity contribution >= 4 is 7.85 Å². The minimum atomic E-state index is -0.343. The van der Waals surface area contributed by atoms with Crippen molar-refractivity contribution in [3.63, 3.8) is 0 Å². The summed E-state index contributed by atoms with van der Waals surface area (Å²) in [5, 5.41) is 9.15. The predicted octanol–water partition coefficient (Wildman–Crippen LogP) is 0.0408. The third-order valence-corrected chi connectivity index (χ3v) is 1.65. The normalized spacial score (nSPS) is 43.6. The zero-order chi connectivity index (χ0) is 6.85. The summed E-state index contributed by atoms with van der Waals surface area (Å²) < 4.78 is 5.15. The number of ether oxygens (including phenoxy) is 1. The number of aliphatic hydroxyl groups excluding tert-OH is 1. The molecule has 0 amide bonds. The topological polar surface area (TPSA) is 29.5 Å². The van der Waals surface area contributed by atoms with Gasteiger partial charge in [0.05, 0.1) is 12.2 Å². The van der Waals surface area contributed by atoms with Crippen LogP contribution in [0.3, 0.4) is 0 Å². The Balaban J connectivity index is 2.38. The molecule has 0 aromatic carbocycles. The monoisotopic (exact) mass is 126 g/mol. The van der Waals surface area contributed by atoms with E-state index in [0.29, 0.717) is 6.42 Å². The zero-order valence-electron chi connectivity index (χ0n) is 5.58. The van der Waals surface area contributed by atoms with Crippen LogP contribution in [0.1, 0.15) is 19.8 Å². The molecular formula is C6H11BO2. The van der Waals surface area contributed by atoms with Crippen LogP contribution in [-0.2, 0) is 4.74 Å². The molecule has 0 saturated carbocycles. The van der Waals surface area contributed by atoms with Crippen LogP contribution in [0.4, 0.5) is 0 Å². The average Bonchev–Trinajstić information content (AvgIpc) is 2.10. The van der Waals surface area contributed by atoms with Crippen molar-refractivity contribution in [2.75, 3.05) is 0 Å². The summed E-state index contributed by atoms with van der Waals surface area (Å²) in [7, 11) is 5.41. The molecular weight excluding hydrogens is 115 g/mol. The smallest absolute Gasteiger partial charge is 0.109 e. The van der Waals surface area contributed by atoms with Gasteiger partial charge in [-0.25, -0.2) is 0 Å². The second-order valence-corrected chi connectivity index (χ2v) is 2.42. The Kier molecular flexibility index (Phi) is 2.14. The van der Waals surface area contributed by atoms with Crippen molar-refractivity contribution in [3.05, 3.63) is 0 Å². The van der Waals surface area contributed by atoms with Crippen LogP contribution in [-0.4, -0.2) is 31.2 Å². The fourth-order valence-corrected chi connectivity index (χ4v) is 1.13. The molecule has 0 aromatic heterocycles. The fraction of sp³-hybridized carbons (Fsp3) is 1.00. The number of aliphatic hydroxyl groups is 1. The molecule has 1 heterocycles. The molecule has 0 bridgehead atoms. The van der Waals surface area contributed by atoms with Gasteiger partial charge in [-0.15, -0.1) is 0 Å². The standard InChI is InChI=1S/C6H11BO2/c1-2-5-4(8)3-6(7)9-5/h4-6,8H,2-3H2,1H3. The highest BCUT2D eigenvalue weighted by Crippen LogP contribution is 2.19. The quantitative estimate of drug-likeness (QED) is 0.502. The zero-order valence-corrected chi connectivity index (χ0v) is 5.58. The van der Waals surface area contributed by atoms with E-state index in [0.717, 1.165) is 6.42 Å². The Hall–Kier alpha value is -0.0151. The largest absolute Gasteiger partial charge is 0.390 e. The molecule has 2 radical (unpaired) electrons. The summed E-state index contributed by atoms with van der Waals surface area (Å²) in [6.45, 7) is 1.98. The molecule has 9 heavy (non-hydrogen) atoms. The van der Waals surface area contributed by atoms with Crippen LogP contribution >= 0.6 is 0 Å². The van der Waals surface area contributed by atoms with E-state index in [4.69, 9.17) is 17.7 Å². The second kappa shape index (κ2) is 2.71. The van der Waals surface area contributed by atoms with E-state index in [1.807, 2.05) is 6.92 Å². The predicted molar refractivity (Wildman–Crippen MR) is 35.3 cm³/mol. The van der Waals surface area contributed by atoms with Gasteiger partial charge in [0, 0.05) is 6.00 Å². The first-order valence-electron chi connectivity index (χ1n) is 3.33. The molecule has 1 saturated heterocycles. The van der Waals surface area contributed by atoms with Gasteiger partial charge in [-0.05, 0) is 12.8 Å². The van der Waals surface area contributed by atoms with Gasteiger partial charge >= 0.3 is 0 Å². The van der Waals surface area contributed by atoms with Gasteiger partial charge in [0.1, 0.15) is 7.85 Å². The molecule has 3 unspecified atom stereocenters. The van der Waals surface area contributed by atoms with Crippen LogP contribution in [0.5, 0.6) is 0 Å². The molecule has 50 valence electrons. The van der Waals surface area contributed by atoms with Crippen LogP contribution in [0, 0.1) is 0 Å². The maximum Gasteiger partial charge on any atom is 0.109 e. The van der Waals surface area contributed by atoms with Gasteiger partial charge in [0.2, 0.25) is 0 Å². The lowest BCUT2D eigenvalue weighted by atomic mass is 9.96. The summed E-state index contributed by atoms with van der Waals surface area (Å²) in [4.78, 5) is 0. The Morgan fingerprint density at radius 2 is 2.44 bits per heavy atom. The fourth-order valence-electron chi connectivity index (χ4n) is 1.13. The van der Waals surface area contributed by atoms with Gasteiger partial charge in [0.25, 0.3) is 0 Å². The van der Waals surface area contributed by atoms with Crippen molar-refractivity contribution in [1.82, 2.24) is 0 Å². The summed E-state index contributed by atoms with van der Waals surface area (Å²) in [6, 6.07) is -0.245. The molecule has 1 rings (SSSR count). The van der Waals surface area contributed by atoms with Gasteiger partial charge in [0.15, 0.2) is 0 Å². The summed E-state index contributed by atoms with van der Waals surface area (Å²) in [5.74, 6) is 0. The highest BCUT2D eigenvalue weighted by molar-refractivity contribution is 6.11. The second-order valence-electron chi connectivity index (χ2n) is 2.42. The number of rotatable bonds is 1. The molecule has 1 fully saturated rings. The van der Waals surface area contributed by atoms with Crippen molar-refractivity contribution in [1.29, 1.82) is 0 Å². The highest BCUT2D eigenvalue weighted by atomic mass is 16.5. The van der Waals surface area contributed by atoms with Crippen LogP contribution in [0.25, 0.3) is 0 Å². The van der Waals surface area contributed by atoms with Crippen molar-refractivity contribution < 1.29 is 9.84 Å². The van der Waals surface area contributed by atoms with E-state index >= 15 is 0 Å². The molecule has 1 aliphatic heterocycles. The molecule has 0 spiro atoms. The summed E-state index contributed by atoms with van der Waals surface area (Å²) in [5.41, 5.74) is 0. The average molecular weight is 126 g/mol. The lowest BCUT2D eigenvalue weighted by molar-refractivity contribution is 0.0305. The number of hydrogen-bond donors (Lipinski definition) is 1. The highest BCUT2D eigenvalue weighted by Gasteiger charge is 2.28. The van der Waals surface area contributed by atoms with E-state index in [9.17, 15) is 0 Å². The van der Waals surface area contributed by atoms with E-state index in [1.165, 1.54) is 0 Å². The summed E-state index contributed by atoms with van der Waals surface area (Å²) in [6.07, 6.45) is 1.05. The maximum absolute atomic E-state index is 9.15. The minimum Gasteiger partial charge on any atom is -0.390 e. The Labute approximate surface area is 56.6 Å². The van der Waals surface area contributed by atoms with Gasteiger partial charge < -0.3 is 9.84 Å². The van der Waals surface area contributed by atoms with Gasteiger partial charge in [-0.2, -0.15) is 0 Å². The Morgan fingerprint density at radius 3 is 2.67 bits per heavy atom. The lowest BCUT2D eigenvalue weighted by Gasteiger charge is -2.09. The third-order valence-electron chi connectivity index (χ3n) is 1.65. The van der Waals surface area contributed by atoms with Gasteiger partial charge in [-0.3, -0.25) is 0 Å². The molecule has 2 nitrogen and oxygen atoms in total. The van der Waals surface area contributed by atoms with Crippen molar-refractivity contribution in [2.24, 2.45) is 0 Å². The Morgan fingerprint density at radius 1 is 1.78 bits per heavy atom. The van der Waals surface area contributed by atoms with E-state index < -0.39 is 0 Å². The van der Waals surface area contributed by atoms with E-state index in [2.05, 4.69) is 0 Å². The van der Waals surface area contributed by atoms with Crippen molar-refractivity contribution in [3.8, 4) is 0 Å². The van der Waals surface area contributed by atoms with Gasteiger partial charge in [-0.1, -0.05) is 6.92 Å². The lowest BCUT2D eigenvalue weighted by Crippen LogP contribution is -2.19. The molecule has 1 N–H and O–H groups in total. The van der Waals surface area contributed by atoms with Crippen LogP contribution in [0.2, 0.25) is 0 Å². The molecule has 3 heteroatoms. The molecule has 1 aliphatic rings. The third kappa shape index (κ3) is 1.46. The molecule has 0 aromatic rings. The number of hydrogen-bond acceptors (Lipinski definition) is 2. The minimum absolute atomic E-state index is 0.0278. The van der Waals surface area contributed by atoms with Crippen molar-refractivity contribution in [2.45, 2.75) is 38.0 Å². The Bertz CT molecular complexity index is 97.1.